The molecule has 0 unspecified atom stereocenters. The zero-order valence-corrected chi connectivity index (χ0v) is 25.8. The van der Waals surface area contributed by atoms with Crippen LogP contribution in [0.5, 0.6) is 0 Å². The lowest BCUT2D eigenvalue weighted by Crippen LogP contribution is -2.44. The largest absolute Gasteiger partial charge is 0.383 e. The second-order valence-corrected chi connectivity index (χ2v) is 12.1. The molecule has 0 saturated carbocycles. The normalized spacial score (nSPS) is 19.3. The van der Waals surface area contributed by atoms with Gasteiger partial charge in [-0.2, -0.15) is 5.10 Å². The number of nitrogen functional groups attached to an aromatic ring is 1. The molecular formula is C34H42N8O2. The molecule has 2 saturated heterocycles. The number of anilines is 1. The highest BCUT2D eigenvalue weighted by Crippen LogP contribution is 2.25. The van der Waals surface area contributed by atoms with Crippen LogP contribution in [0.4, 0.5) is 5.82 Å². The molecule has 2 aliphatic heterocycles. The van der Waals surface area contributed by atoms with Gasteiger partial charge in [-0.15, -0.1) is 0 Å². The number of aryl methyl sites for hydroxylation is 2. The minimum atomic E-state index is -0.266. The summed E-state index contributed by atoms with van der Waals surface area (Å²) in [5, 5.41) is 10.6. The molecule has 10 nitrogen and oxygen atoms in total. The average Bonchev–Trinajstić information content (AvgIpc) is 3.67. The van der Waals surface area contributed by atoms with Crippen LogP contribution in [-0.4, -0.2) is 88.9 Å². The summed E-state index contributed by atoms with van der Waals surface area (Å²) in [6, 6.07) is 16.9. The fourth-order valence-electron chi connectivity index (χ4n) is 5.90. The van der Waals surface area contributed by atoms with Gasteiger partial charge in [-0.3, -0.25) is 14.4 Å². The Morgan fingerprint density at radius 1 is 0.977 bits per heavy atom. The Labute approximate surface area is 259 Å². The molecule has 1 amide bonds. The van der Waals surface area contributed by atoms with E-state index in [4.69, 9.17) is 10.5 Å². The lowest BCUT2D eigenvalue weighted by atomic mass is 9.98. The van der Waals surface area contributed by atoms with Crippen LogP contribution < -0.4 is 16.4 Å². The number of nitrogens with one attached hydrogen (secondary N) is 2. The first-order valence-corrected chi connectivity index (χ1v) is 15.3. The molecule has 0 radical (unpaired) electrons. The first-order chi connectivity index (χ1) is 21.3. The predicted molar refractivity (Wildman–Crippen MR) is 173 cm³/mol. The van der Waals surface area contributed by atoms with Crippen molar-refractivity contribution in [2.45, 2.75) is 32.2 Å². The van der Waals surface area contributed by atoms with Crippen molar-refractivity contribution in [2.75, 3.05) is 52.0 Å². The number of aromatic nitrogens is 3. The molecular weight excluding hydrogens is 552 g/mol. The van der Waals surface area contributed by atoms with Gasteiger partial charge in [-0.25, -0.2) is 4.98 Å². The summed E-state index contributed by atoms with van der Waals surface area (Å²) in [5.74, 6) is -0.0734. The van der Waals surface area contributed by atoms with Gasteiger partial charge in [0.2, 0.25) is 0 Å². The predicted octanol–water partition coefficient (Wildman–Crippen LogP) is 3.07. The molecule has 2 aromatic heterocycles. The number of carbonyl (C=O) groups is 1. The number of likely N-dealkylation sites (N-methyl/N-ethyl adjacent to an activating group) is 1. The summed E-state index contributed by atoms with van der Waals surface area (Å²) in [5.41, 5.74) is 14.3. The SMILES string of the molecule is Cc1cc(-c2ccc(CO[C@H]3CNC[C@@H]3NC(=O)c3cc(-c4cnn(C)c4)cnc3N)cc2)ccc1CN1CCN(C)CC1. The van der Waals surface area contributed by atoms with Gasteiger partial charge in [0.15, 0.2) is 0 Å². The maximum Gasteiger partial charge on any atom is 0.255 e. The van der Waals surface area contributed by atoms with E-state index in [0.717, 1.165) is 49.4 Å². The molecule has 4 N–H and O–H groups in total. The van der Waals surface area contributed by atoms with Gasteiger partial charge in [-0.05, 0) is 47.9 Å². The van der Waals surface area contributed by atoms with Crippen LogP contribution in [0.2, 0.25) is 0 Å². The average molecular weight is 595 g/mol. The Kier molecular flexibility index (Phi) is 9.04. The van der Waals surface area contributed by atoms with E-state index in [9.17, 15) is 4.79 Å². The number of hydrogen-bond donors (Lipinski definition) is 3. The number of nitrogens with two attached hydrogens (primary N) is 1. The van der Waals surface area contributed by atoms with E-state index in [2.05, 4.69) is 87.0 Å². The van der Waals surface area contributed by atoms with Crippen molar-refractivity contribution >= 4 is 11.7 Å². The second-order valence-electron chi connectivity index (χ2n) is 12.1. The fourth-order valence-corrected chi connectivity index (χ4v) is 5.90. The van der Waals surface area contributed by atoms with Gasteiger partial charge >= 0.3 is 0 Å². The standard InChI is InChI=1S/C34H42N8O2/c1-23-14-26(8-9-27(23)21-42-12-10-40(2)11-13-42)25-6-4-24(5-7-25)22-44-32-19-36-18-31(32)39-34(43)30-15-28(16-37-33(30)35)29-17-38-41(3)20-29/h4-9,14-17,20,31-32,36H,10-13,18-19,21-22H2,1-3H3,(H2,35,37)(H,39,43)/t31-,32-/m0/s1. The van der Waals surface area contributed by atoms with Crippen LogP contribution in [0.1, 0.15) is 27.0 Å². The van der Waals surface area contributed by atoms with Crippen molar-refractivity contribution < 1.29 is 9.53 Å². The monoisotopic (exact) mass is 594 g/mol. The van der Waals surface area contributed by atoms with Gasteiger partial charge in [0.1, 0.15) is 5.82 Å². The third kappa shape index (κ3) is 7.00. The van der Waals surface area contributed by atoms with Crippen LogP contribution in [0.25, 0.3) is 22.3 Å². The summed E-state index contributed by atoms with van der Waals surface area (Å²) >= 11 is 0. The highest BCUT2D eigenvalue weighted by molar-refractivity contribution is 5.99. The first-order valence-electron chi connectivity index (χ1n) is 15.3. The molecule has 0 bridgehead atoms. The van der Waals surface area contributed by atoms with Crippen molar-refractivity contribution in [1.82, 2.24) is 35.2 Å². The molecule has 10 heteroatoms. The Hall–Kier alpha value is -4.09. The van der Waals surface area contributed by atoms with Crippen LogP contribution in [-0.2, 0) is 24.9 Å². The van der Waals surface area contributed by atoms with E-state index in [1.54, 1.807) is 23.1 Å². The highest BCUT2D eigenvalue weighted by atomic mass is 16.5. The molecule has 2 fully saturated rings. The van der Waals surface area contributed by atoms with Crippen LogP contribution in [0.3, 0.4) is 0 Å². The fraction of sp³-hybridized carbons (Fsp3) is 0.382. The third-order valence-electron chi connectivity index (χ3n) is 8.76. The molecule has 4 heterocycles. The molecule has 2 aromatic carbocycles. The smallest absolute Gasteiger partial charge is 0.255 e. The summed E-state index contributed by atoms with van der Waals surface area (Å²) in [7, 11) is 4.04. The number of ether oxygens (including phenoxy) is 1. The second kappa shape index (κ2) is 13.3. The van der Waals surface area contributed by atoms with E-state index >= 15 is 0 Å². The van der Waals surface area contributed by atoms with Crippen molar-refractivity contribution in [3.63, 3.8) is 0 Å². The first kappa shape index (κ1) is 30.0. The van der Waals surface area contributed by atoms with Crippen molar-refractivity contribution in [1.29, 1.82) is 0 Å². The van der Waals surface area contributed by atoms with Crippen LogP contribution in [0, 0.1) is 6.92 Å². The number of carbonyl (C=O) groups excluding carboxylic acids is 1. The summed E-state index contributed by atoms with van der Waals surface area (Å²) in [6.07, 6.45) is 5.10. The van der Waals surface area contributed by atoms with E-state index < -0.39 is 0 Å². The topological polar surface area (TPSA) is 114 Å². The van der Waals surface area contributed by atoms with Gasteiger partial charge in [0, 0.05) is 76.4 Å². The molecule has 6 rings (SSSR count). The van der Waals surface area contributed by atoms with E-state index in [0.29, 0.717) is 25.3 Å². The number of benzene rings is 2. The van der Waals surface area contributed by atoms with Crippen LogP contribution in [0.15, 0.2) is 67.1 Å². The summed E-state index contributed by atoms with van der Waals surface area (Å²) in [6.45, 7) is 9.47. The van der Waals surface area contributed by atoms with Crippen molar-refractivity contribution in [3.8, 4) is 22.3 Å². The maximum atomic E-state index is 13.2. The number of amides is 1. The molecule has 2 aliphatic rings. The van der Waals surface area contributed by atoms with Crippen molar-refractivity contribution in [2.24, 2.45) is 7.05 Å². The summed E-state index contributed by atoms with van der Waals surface area (Å²) < 4.78 is 7.99. The Bertz CT molecular complexity index is 1590. The van der Waals surface area contributed by atoms with Crippen LogP contribution >= 0.6 is 0 Å². The number of pyridine rings is 1. The number of rotatable bonds is 9. The van der Waals surface area contributed by atoms with Crippen molar-refractivity contribution in [3.05, 3.63) is 89.4 Å². The summed E-state index contributed by atoms with van der Waals surface area (Å²) in [4.78, 5) is 22.4. The Morgan fingerprint density at radius 3 is 2.48 bits per heavy atom. The van der Waals surface area contributed by atoms with Gasteiger partial charge in [-0.1, -0.05) is 42.5 Å². The number of hydrogen-bond acceptors (Lipinski definition) is 8. The molecule has 230 valence electrons. The zero-order chi connectivity index (χ0) is 30.6. The quantitative estimate of drug-likeness (QED) is 0.271. The third-order valence-corrected chi connectivity index (χ3v) is 8.76. The Morgan fingerprint density at radius 2 is 1.75 bits per heavy atom. The zero-order valence-electron chi connectivity index (χ0n) is 25.8. The molecule has 0 spiro atoms. The highest BCUT2D eigenvalue weighted by Gasteiger charge is 2.30. The lowest BCUT2D eigenvalue weighted by Gasteiger charge is -2.32. The molecule has 44 heavy (non-hydrogen) atoms. The van der Waals surface area contributed by atoms with E-state index in [-0.39, 0.29) is 23.9 Å². The van der Waals surface area contributed by atoms with Gasteiger partial charge in [0.25, 0.3) is 5.91 Å². The Balaban J connectivity index is 1.04. The van der Waals surface area contributed by atoms with E-state index in [1.807, 2.05) is 13.2 Å². The molecule has 0 aliphatic carbocycles. The van der Waals surface area contributed by atoms with E-state index in [1.165, 1.54) is 22.3 Å². The lowest BCUT2D eigenvalue weighted by molar-refractivity contribution is 0.0358. The minimum absolute atomic E-state index is 0.162. The maximum absolute atomic E-state index is 13.2. The minimum Gasteiger partial charge on any atom is -0.383 e. The number of nitrogens with zero attached hydrogens (tertiary/aromatic N) is 5. The molecule has 2 atom stereocenters. The van der Waals surface area contributed by atoms with Gasteiger partial charge in [0.05, 0.1) is 30.5 Å². The molecule has 4 aromatic rings. The number of piperazine rings is 1. The van der Waals surface area contributed by atoms with Gasteiger partial charge < -0.3 is 26.0 Å².